The van der Waals surface area contributed by atoms with Crippen molar-refractivity contribution in [2.24, 2.45) is 0 Å². The number of hydrogen-bond acceptors (Lipinski definition) is 4. The number of aromatic nitrogens is 2. The molecule has 2 aromatic rings. The van der Waals surface area contributed by atoms with Gasteiger partial charge in [-0.3, -0.25) is 14.3 Å². The standard InChI is InChI=1S/C13H13ClN2O4/c1-20-9-4-2-3-8(5-9)11(17)7-16-6-10(14)12(18)15-13(16)19/h2-6,11,17H,7H2,1H3,(H,15,18,19)/t11-/m0/s1. The minimum Gasteiger partial charge on any atom is -0.497 e. The number of rotatable bonds is 4. The second kappa shape index (κ2) is 5.94. The maximum Gasteiger partial charge on any atom is 0.328 e. The molecule has 0 spiro atoms. The van der Waals surface area contributed by atoms with Crippen molar-refractivity contribution >= 4 is 11.6 Å². The van der Waals surface area contributed by atoms with Crippen molar-refractivity contribution in [2.45, 2.75) is 12.6 Å². The lowest BCUT2D eigenvalue weighted by Crippen LogP contribution is -2.31. The van der Waals surface area contributed by atoms with E-state index in [0.717, 1.165) is 4.57 Å². The number of aromatic amines is 1. The molecule has 0 amide bonds. The number of nitrogens with one attached hydrogen (secondary N) is 1. The van der Waals surface area contributed by atoms with Crippen LogP contribution in [0.25, 0.3) is 0 Å². The molecule has 106 valence electrons. The van der Waals surface area contributed by atoms with Gasteiger partial charge in [0.05, 0.1) is 19.8 Å². The average Bonchev–Trinajstić information content (AvgIpc) is 2.44. The highest BCUT2D eigenvalue weighted by molar-refractivity contribution is 6.30. The van der Waals surface area contributed by atoms with Crippen molar-refractivity contribution in [3.05, 3.63) is 61.9 Å². The maximum absolute atomic E-state index is 11.6. The Morgan fingerprint density at radius 3 is 2.90 bits per heavy atom. The first-order valence-corrected chi connectivity index (χ1v) is 6.20. The van der Waals surface area contributed by atoms with Gasteiger partial charge in [0, 0.05) is 6.20 Å². The van der Waals surface area contributed by atoms with Gasteiger partial charge >= 0.3 is 5.69 Å². The third-order valence-electron chi connectivity index (χ3n) is 2.82. The van der Waals surface area contributed by atoms with Crippen LogP contribution in [0.1, 0.15) is 11.7 Å². The van der Waals surface area contributed by atoms with Crippen molar-refractivity contribution < 1.29 is 9.84 Å². The molecule has 1 heterocycles. The monoisotopic (exact) mass is 296 g/mol. The molecule has 1 aromatic carbocycles. The number of halogens is 1. The second-order valence-corrected chi connectivity index (χ2v) is 4.59. The van der Waals surface area contributed by atoms with Gasteiger partial charge in [-0.15, -0.1) is 0 Å². The summed E-state index contributed by atoms with van der Waals surface area (Å²) in [6.45, 7) is -0.0253. The zero-order valence-electron chi connectivity index (χ0n) is 10.7. The quantitative estimate of drug-likeness (QED) is 0.879. The summed E-state index contributed by atoms with van der Waals surface area (Å²) in [4.78, 5) is 24.8. The van der Waals surface area contributed by atoms with Crippen LogP contribution in [-0.2, 0) is 6.54 Å². The SMILES string of the molecule is COc1cccc([C@@H](O)Cn2cc(Cl)c(=O)[nH]c2=O)c1. The lowest BCUT2D eigenvalue weighted by atomic mass is 10.1. The Morgan fingerprint density at radius 1 is 1.45 bits per heavy atom. The second-order valence-electron chi connectivity index (χ2n) is 4.18. The van der Waals surface area contributed by atoms with Crippen LogP contribution in [0.2, 0.25) is 5.02 Å². The molecule has 2 rings (SSSR count). The Hall–Kier alpha value is -2.05. The fraction of sp³-hybridized carbons (Fsp3) is 0.231. The average molecular weight is 297 g/mol. The van der Waals surface area contributed by atoms with Gasteiger partial charge in [-0.05, 0) is 17.7 Å². The number of benzene rings is 1. The first-order valence-electron chi connectivity index (χ1n) is 5.82. The summed E-state index contributed by atoms with van der Waals surface area (Å²) >= 11 is 5.66. The minimum absolute atomic E-state index is 0.0253. The first-order chi connectivity index (χ1) is 9.51. The molecule has 0 saturated heterocycles. The molecule has 0 radical (unpaired) electrons. The zero-order chi connectivity index (χ0) is 14.7. The summed E-state index contributed by atoms with van der Waals surface area (Å²) in [5, 5.41) is 10.0. The maximum atomic E-state index is 11.6. The smallest absolute Gasteiger partial charge is 0.328 e. The van der Waals surface area contributed by atoms with Gasteiger partial charge in [-0.25, -0.2) is 4.79 Å². The summed E-state index contributed by atoms with van der Waals surface area (Å²) in [6.07, 6.45) is 0.274. The highest BCUT2D eigenvalue weighted by Gasteiger charge is 2.11. The van der Waals surface area contributed by atoms with Gasteiger partial charge in [-0.2, -0.15) is 0 Å². The van der Waals surface area contributed by atoms with Crippen LogP contribution in [-0.4, -0.2) is 21.8 Å². The van der Waals surface area contributed by atoms with Crippen molar-refractivity contribution in [1.29, 1.82) is 0 Å². The Balaban J connectivity index is 2.27. The Morgan fingerprint density at radius 2 is 2.20 bits per heavy atom. The van der Waals surface area contributed by atoms with Gasteiger partial charge in [0.25, 0.3) is 5.56 Å². The van der Waals surface area contributed by atoms with E-state index < -0.39 is 17.4 Å². The number of methoxy groups -OCH3 is 1. The molecule has 0 unspecified atom stereocenters. The van der Waals surface area contributed by atoms with Crippen LogP contribution in [0.3, 0.4) is 0 Å². The summed E-state index contributed by atoms with van der Waals surface area (Å²) in [5.41, 5.74) is -0.677. The van der Waals surface area contributed by atoms with E-state index in [4.69, 9.17) is 16.3 Å². The molecular weight excluding hydrogens is 284 g/mol. The number of H-pyrrole nitrogens is 1. The van der Waals surface area contributed by atoms with Crippen LogP contribution >= 0.6 is 11.6 Å². The lowest BCUT2D eigenvalue weighted by Gasteiger charge is -2.13. The number of aliphatic hydroxyl groups is 1. The topological polar surface area (TPSA) is 84.3 Å². The third kappa shape index (κ3) is 3.09. The van der Waals surface area contributed by atoms with Crippen molar-refractivity contribution in [2.75, 3.05) is 7.11 Å². The first kappa shape index (κ1) is 14.4. The zero-order valence-corrected chi connectivity index (χ0v) is 11.4. The summed E-state index contributed by atoms with van der Waals surface area (Å²) < 4.78 is 6.21. The molecule has 6 nitrogen and oxygen atoms in total. The van der Waals surface area contributed by atoms with E-state index in [1.807, 2.05) is 0 Å². The molecule has 0 aliphatic rings. The van der Waals surface area contributed by atoms with Crippen molar-refractivity contribution in [1.82, 2.24) is 9.55 Å². The van der Waals surface area contributed by atoms with Gasteiger partial charge in [0.15, 0.2) is 0 Å². The van der Waals surface area contributed by atoms with E-state index in [1.54, 1.807) is 24.3 Å². The van der Waals surface area contributed by atoms with Crippen LogP contribution in [0, 0.1) is 0 Å². The summed E-state index contributed by atoms with van der Waals surface area (Å²) in [5.74, 6) is 0.605. The number of aliphatic hydroxyl groups excluding tert-OH is 1. The fourth-order valence-electron chi connectivity index (χ4n) is 1.76. The third-order valence-corrected chi connectivity index (χ3v) is 3.08. The molecule has 0 saturated carbocycles. The van der Waals surface area contributed by atoms with Gasteiger partial charge in [0.2, 0.25) is 0 Å². The molecular formula is C13H13ClN2O4. The van der Waals surface area contributed by atoms with E-state index in [-0.39, 0.29) is 11.6 Å². The van der Waals surface area contributed by atoms with Gasteiger partial charge in [-0.1, -0.05) is 23.7 Å². The fourth-order valence-corrected chi connectivity index (χ4v) is 1.92. The van der Waals surface area contributed by atoms with Crippen LogP contribution in [0.5, 0.6) is 5.75 Å². The van der Waals surface area contributed by atoms with E-state index in [1.165, 1.54) is 13.3 Å². The van der Waals surface area contributed by atoms with Crippen molar-refractivity contribution in [3.63, 3.8) is 0 Å². The molecule has 0 fully saturated rings. The van der Waals surface area contributed by atoms with Crippen LogP contribution in [0.4, 0.5) is 0 Å². The van der Waals surface area contributed by atoms with Crippen LogP contribution < -0.4 is 16.0 Å². The van der Waals surface area contributed by atoms with E-state index in [9.17, 15) is 14.7 Å². The summed E-state index contributed by atoms with van der Waals surface area (Å²) in [6, 6.07) is 6.87. The Kier molecular flexibility index (Phi) is 4.26. The largest absolute Gasteiger partial charge is 0.497 e. The highest BCUT2D eigenvalue weighted by atomic mass is 35.5. The molecule has 0 bridgehead atoms. The molecule has 2 N–H and O–H groups in total. The highest BCUT2D eigenvalue weighted by Crippen LogP contribution is 2.20. The Bertz CT molecular complexity index is 723. The molecule has 20 heavy (non-hydrogen) atoms. The minimum atomic E-state index is -0.926. The number of nitrogens with zero attached hydrogens (tertiary/aromatic N) is 1. The predicted molar refractivity (Wildman–Crippen MR) is 74.3 cm³/mol. The van der Waals surface area contributed by atoms with E-state index in [0.29, 0.717) is 11.3 Å². The van der Waals surface area contributed by atoms with E-state index >= 15 is 0 Å². The number of hydrogen-bond donors (Lipinski definition) is 2. The van der Waals surface area contributed by atoms with Crippen molar-refractivity contribution in [3.8, 4) is 5.75 Å². The molecule has 1 atom stereocenters. The Labute approximate surface area is 119 Å². The van der Waals surface area contributed by atoms with Gasteiger partial charge < -0.3 is 9.84 Å². The predicted octanol–water partition coefficient (Wildman–Crippen LogP) is 0.932. The van der Waals surface area contributed by atoms with Gasteiger partial charge in [0.1, 0.15) is 10.8 Å². The normalized spacial score (nSPS) is 12.2. The number of ether oxygens (including phenoxy) is 1. The molecule has 7 heteroatoms. The molecule has 1 aromatic heterocycles. The summed E-state index contributed by atoms with van der Waals surface area (Å²) in [7, 11) is 1.53. The molecule has 0 aliphatic carbocycles. The van der Waals surface area contributed by atoms with E-state index in [2.05, 4.69) is 4.98 Å². The molecule has 0 aliphatic heterocycles. The lowest BCUT2D eigenvalue weighted by molar-refractivity contribution is 0.154. The van der Waals surface area contributed by atoms with Crippen LogP contribution in [0.15, 0.2) is 40.1 Å².